The second-order valence-corrected chi connectivity index (χ2v) is 5.15. The number of carboxylic acid groups (broad SMARTS) is 1. The monoisotopic (exact) mass is 324 g/mol. The SMILES string of the molecule is O=C(O)c1cccc(CCCOc2ccc(-n3cncn3)nc2)c1. The summed E-state index contributed by atoms with van der Waals surface area (Å²) in [6.45, 7) is 0.529. The highest BCUT2D eigenvalue weighted by Gasteiger charge is 2.04. The fourth-order valence-corrected chi connectivity index (χ4v) is 2.25. The van der Waals surface area contributed by atoms with Crippen LogP contribution in [0.2, 0.25) is 0 Å². The summed E-state index contributed by atoms with van der Waals surface area (Å²) in [5.74, 6) is 0.440. The van der Waals surface area contributed by atoms with Gasteiger partial charge in [0.15, 0.2) is 5.82 Å². The van der Waals surface area contributed by atoms with Gasteiger partial charge in [0.05, 0.1) is 18.4 Å². The number of carbonyl (C=O) groups is 1. The molecule has 122 valence electrons. The summed E-state index contributed by atoms with van der Waals surface area (Å²) in [4.78, 5) is 19.1. The van der Waals surface area contributed by atoms with Crippen molar-refractivity contribution in [2.24, 2.45) is 0 Å². The van der Waals surface area contributed by atoms with Gasteiger partial charge in [-0.25, -0.2) is 19.4 Å². The van der Waals surface area contributed by atoms with Crippen molar-refractivity contribution in [3.63, 3.8) is 0 Å². The predicted molar refractivity (Wildman–Crippen MR) is 86.4 cm³/mol. The number of nitrogens with zero attached hydrogens (tertiary/aromatic N) is 4. The third-order valence-corrected chi connectivity index (χ3v) is 3.43. The van der Waals surface area contributed by atoms with Crippen LogP contribution in [0.4, 0.5) is 0 Å². The Labute approximate surface area is 138 Å². The molecule has 3 aromatic rings. The van der Waals surface area contributed by atoms with Crippen molar-refractivity contribution in [1.29, 1.82) is 0 Å². The molecular weight excluding hydrogens is 308 g/mol. The molecule has 1 aromatic carbocycles. The van der Waals surface area contributed by atoms with E-state index in [4.69, 9.17) is 9.84 Å². The lowest BCUT2D eigenvalue weighted by atomic mass is 10.1. The number of carboxylic acids is 1. The van der Waals surface area contributed by atoms with Gasteiger partial charge in [-0.3, -0.25) is 0 Å². The van der Waals surface area contributed by atoms with Crippen molar-refractivity contribution < 1.29 is 14.6 Å². The fourth-order valence-electron chi connectivity index (χ4n) is 2.25. The van der Waals surface area contributed by atoms with E-state index >= 15 is 0 Å². The minimum Gasteiger partial charge on any atom is -0.492 e. The van der Waals surface area contributed by atoms with Gasteiger partial charge < -0.3 is 9.84 Å². The van der Waals surface area contributed by atoms with Crippen LogP contribution in [0.1, 0.15) is 22.3 Å². The number of rotatable bonds is 7. The summed E-state index contributed by atoms with van der Waals surface area (Å²) in [5, 5.41) is 13.0. The Morgan fingerprint density at radius 1 is 1.25 bits per heavy atom. The highest BCUT2D eigenvalue weighted by atomic mass is 16.5. The van der Waals surface area contributed by atoms with Crippen molar-refractivity contribution in [2.75, 3.05) is 6.61 Å². The zero-order valence-electron chi connectivity index (χ0n) is 12.9. The molecule has 0 aliphatic rings. The molecule has 0 fully saturated rings. The lowest BCUT2D eigenvalue weighted by Gasteiger charge is -2.07. The Bertz CT molecular complexity index is 801. The second-order valence-electron chi connectivity index (χ2n) is 5.15. The van der Waals surface area contributed by atoms with E-state index in [9.17, 15) is 4.79 Å². The van der Waals surface area contributed by atoms with Gasteiger partial charge in [-0.2, -0.15) is 5.10 Å². The topological polar surface area (TPSA) is 90.1 Å². The molecule has 7 heteroatoms. The van der Waals surface area contributed by atoms with Gasteiger partial charge in [0.25, 0.3) is 0 Å². The van der Waals surface area contributed by atoms with E-state index in [1.54, 1.807) is 41.5 Å². The van der Waals surface area contributed by atoms with E-state index < -0.39 is 5.97 Å². The molecule has 0 spiro atoms. The van der Waals surface area contributed by atoms with Crippen LogP contribution in [0, 0.1) is 0 Å². The molecule has 0 amide bonds. The Kier molecular flexibility index (Phi) is 4.81. The Hall–Kier alpha value is -3.22. The average molecular weight is 324 g/mol. The number of hydrogen-bond donors (Lipinski definition) is 1. The first-order valence-corrected chi connectivity index (χ1v) is 7.48. The van der Waals surface area contributed by atoms with Crippen molar-refractivity contribution >= 4 is 5.97 Å². The van der Waals surface area contributed by atoms with E-state index in [0.717, 1.165) is 18.4 Å². The van der Waals surface area contributed by atoms with Crippen molar-refractivity contribution in [2.45, 2.75) is 12.8 Å². The number of aromatic nitrogens is 4. The Balaban J connectivity index is 1.48. The first kappa shape index (κ1) is 15.7. The van der Waals surface area contributed by atoms with E-state index in [-0.39, 0.29) is 0 Å². The number of aromatic carboxylic acids is 1. The van der Waals surface area contributed by atoms with Gasteiger partial charge in [-0.1, -0.05) is 12.1 Å². The Morgan fingerprint density at radius 3 is 2.88 bits per heavy atom. The molecule has 2 heterocycles. The van der Waals surface area contributed by atoms with Crippen molar-refractivity contribution in [3.05, 3.63) is 66.4 Å². The van der Waals surface area contributed by atoms with Crippen LogP contribution in [0.25, 0.3) is 5.82 Å². The summed E-state index contributed by atoms with van der Waals surface area (Å²) >= 11 is 0. The maximum absolute atomic E-state index is 10.9. The first-order valence-electron chi connectivity index (χ1n) is 7.48. The molecule has 7 nitrogen and oxygen atoms in total. The summed E-state index contributed by atoms with van der Waals surface area (Å²) in [6.07, 6.45) is 6.21. The standard InChI is InChI=1S/C17H16N4O3/c22-17(23)14-5-1-3-13(9-14)4-2-8-24-15-6-7-16(19-10-15)21-12-18-11-20-21/h1,3,5-7,9-12H,2,4,8H2,(H,22,23). The van der Waals surface area contributed by atoms with Crippen molar-refractivity contribution in [1.82, 2.24) is 19.7 Å². The van der Waals surface area contributed by atoms with Crippen LogP contribution in [0.5, 0.6) is 5.75 Å². The van der Waals surface area contributed by atoms with Crippen LogP contribution >= 0.6 is 0 Å². The Morgan fingerprint density at radius 2 is 2.17 bits per heavy atom. The zero-order valence-corrected chi connectivity index (χ0v) is 12.9. The molecule has 0 atom stereocenters. The summed E-state index contributed by atoms with van der Waals surface area (Å²) in [6, 6.07) is 10.6. The number of ether oxygens (including phenoxy) is 1. The first-order chi connectivity index (χ1) is 11.7. The van der Waals surface area contributed by atoms with Crippen LogP contribution in [-0.2, 0) is 6.42 Å². The van der Waals surface area contributed by atoms with Crippen LogP contribution < -0.4 is 4.74 Å². The maximum Gasteiger partial charge on any atom is 0.335 e. The third-order valence-electron chi connectivity index (χ3n) is 3.43. The lowest BCUT2D eigenvalue weighted by Crippen LogP contribution is -2.02. The van der Waals surface area contributed by atoms with Gasteiger partial charge >= 0.3 is 5.97 Å². The normalized spacial score (nSPS) is 10.5. The van der Waals surface area contributed by atoms with E-state index in [1.807, 2.05) is 12.1 Å². The minimum absolute atomic E-state index is 0.307. The van der Waals surface area contributed by atoms with Crippen LogP contribution in [-0.4, -0.2) is 37.4 Å². The van der Waals surface area contributed by atoms with Gasteiger partial charge in [0, 0.05) is 0 Å². The number of aryl methyl sites for hydroxylation is 1. The molecule has 0 aliphatic carbocycles. The molecule has 3 rings (SSSR count). The van der Waals surface area contributed by atoms with E-state index in [0.29, 0.717) is 23.7 Å². The number of benzene rings is 1. The molecular formula is C17H16N4O3. The molecule has 1 N–H and O–H groups in total. The highest BCUT2D eigenvalue weighted by molar-refractivity contribution is 5.87. The molecule has 0 bridgehead atoms. The van der Waals surface area contributed by atoms with Crippen LogP contribution in [0.3, 0.4) is 0 Å². The maximum atomic E-state index is 10.9. The molecule has 0 radical (unpaired) electrons. The van der Waals surface area contributed by atoms with Gasteiger partial charge in [-0.05, 0) is 42.7 Å². The van der Waals surface area contributed by atoms with Gasteiger partial charge in [0.1, 0.15) is 18.4 Å². The molecule has 0 aliphatic heterocycles. The molecule has 24 heavy (non-hydrogen) atoms. The molecule has 0 saturated heterocycles. The highest BCUT2D eigenvalue weighted by Crippen LogP contribution is 2.12. The lowest BCUT2D eigenvalue weighted by molar-refractivity contribution is 0.0696. The third kappa shape index (κ3) is 3.95. The number of pyridine rings is 1. The fraction of sp³-hybridized carbons (Fsp3) is 0.176. The zero-order chi connectivity index (χ0) is 16.8. The molecule has 0 saturated carbocycles. The summed E-state index contributed by atoms with van der Waals surface area (Å²) in [5.41, 5.74) is 1.29. The minimum atomic E-state index is -0.911. The summed E-state index contributed by atoms with van der Waals surface area (Å²) in [7, 11) is 0. The van der Waals surface area contributed by atoms with Crippen LogP contribution in [0.15, 0.2) is 55.2 Å². The van der Waals surface area contributed by atoms with Crippen molar-refractivity contribution in [3.8, 4) is 11.6 Å². The molecule has 2 aromatic heterocycles. The predicted octanol–water partition coefficient (Wildman–Crippen LogP) is 2.37. The smallest absolute Gasteiger partial charge is 0.335 e. The largest absolute Gasteiger partial charge is 0.492 e. The van der Waals surface area contributed by atoms with E-state index in [2.05, 4.69) is 15.1 Å². The average Bonchev–Trinajstić information content (AvgIpc) is 3.14. The van der Waals surface area contributed by atoms with Gasteiger partial charge in [0.2, 0.25) is 0 Å². The quantitative estimate of drug-likeness (QED) is 0.671. The van der Waals surface area contributed by atoms with E-state index in [1.165, 1.54) is 6.33 Å². The summed E-state index contributed by atoms with van der Waals surface area (Å²) < 4.78 is 7.22. The number of hydrogen-bond acceptors (Lipinski definition) is 5. The second kappa shape index (κ2) is 7.36. The molecule has 0 unspecified atom stereocenters. The van der Waals surface area contributed by atoms with Gasteiger partial charge in [-0.15, -0.1) is 0 Å².